The monoisotopic (exact) mass is 544 g/mol. The summed E-state index contributed by atoms with van der Waals surface area (Å²) in [4.78, 5) is 22.0. The van der Waals surface area contributed by atoms with Gasteiger partial charge in [-0.05, 0) is 60.6 Å². The summed E-state index contributed by atoms with van der Waals surface area (Å²) in [6, 6.07) is 6.13. The minimum atomic E-state index is -4.79. The van der Waals surface area contributed by atoms with Crippen LogP contribution in [0, 0.1) is 12.8 Å². The average Bonchev–Trinajstić information content (AvgIpc) is 3.09. The number of nitrogens with one attached hydrogen (secondary N) is 1. The molecule has 0 aliphatic rings. The van der Waals surface area contributed by atoms with Gasteiger partial charge in [-0.1, -0.05) is 29.3 Å². The molecule has 0 bridgehead atoms. The fourth-order valence-electron chi connectivity index (χ4n) is 4.36. The number of hydrogen-bond donors (Lipinski definition) is 2. The molecule has 3 rings (SSSR count). The molecule has 1 aromatic heterocycles. The molecule has 36 heavy (non-hydrogen) atoms. The van der Waals surface area contributed by atoms with Crippen LogP contribution in [0.1, 0.15) is 35.1 Å². The van der Waals surface area contributed by atoms with Gasteiger partial charge in [0, 0.05) is 47.7 Å². The molecule has 0 aliphatic heterocycles. The molecule has 1 heterocycles. The maximum absolute atomic E-state index is 12.7. The van der Waals surface area contributed by atoms with E-state index in [0.717, 1.165) is 16.5 Å². The van der Waals surface area contributed by atoms with E-state index < -0.39 is 18.2 Å². The van der Waals surface area contributed by atoms with Gasteiger partial charge < -0.3 is 19.7 Å². The van der Waals surface area contributed by atoms with Crippen molar-refractivity contribution in [2.24, 2.45) is 13.0 Å². The number of benzene rings is 2. The number of halogens is 5. The molecule has 0 saturated heterocycles. The predicted octanol–water partition coefficient (Wildman–Crippen LogP) is 6.05. The van der Waals surface area contributed by atoms with E-state index in [2.05, 4.69) is 10.1 Å². The number of nitrogens with zero attached hydrogens (tertiary/aromatic N) is 1. The van der Waals surface area contributed by atoms with E-state index in [1.165, 1.54) is 12.1 Å². The van der Waals surface area contributed by atoms with Gasteiger partial charge >= 0.3 is 12.3 Å². The van der Waals surface area contributed by atoms with Crippen LogP contribution in [0.4, 0.5) is 13.2 Å². The number of fused-ring (bicyclic) bond motifs is 1. The van der Waals surface area contributed by atoms with Gasteiger partial charge in [0.15, 0.2) is 0 Å². The van der Waals surface area contributed by atoms with Gasteiger partial charge in [0.25, 0.3) is 0 Å². The average molecular weight is 545 g/mol. The van der Waals surface area contributed by atoms with E-state index in [9.17, 15) is 27.9 Å². The molecular formula is C25H25Cl2F3N2O4. The highest BCUT2D eigenvalue weighted by Gasteiger charge is 2.31. The highest BCUT2D eigenvalue weighted by atomic mass is 35.5. The molecule has 0 saturated carbocycles. The standard InChI is InChI=1S/C25H25Cl2F3N2O4/c1-14-9-18(36-25(28,29)30)11-21-22(14)17(12-32(21)2)10-19-20(26)6-5-15(23(19)27)3-4-16(24(34)35)7-8-31-13-33/h5-6,9,11-13,16H,3-4,7-8,10H2,1-2H3,(H,31,33)(H,34,35). The molecule has 1 atom stereocenters. The predicted molar refractivity (Wildman–Crippen MR) is 132 cm³/mol. The number of rotatable bonds is 11. The van der Waals surface area contributed by atoms with Crippen molar-refractivity contribution in [1.29, 1.82) is 0 Å². The Hall–Kier alpha value is -2.91. The number of carbonyl (C=O) groups excluding carboxylic acids is 1. The smallest absolute Gasteiger partial charge is 0.481 e. The van der Waals surface area contributed by atoms with E-state index in [-0.39, 0.29) is 12.3 Å². The lowest BCUT2D eigenvalue weighted by molar-refractivity contribution is -0.274. The number of carboxylic acid groups (broad SMARTS) is 1. The summed E-state index contributed by atoms with van der Waals surface area (Å²) in [5.74, 6) is -1.90. The fraction of sp³-hybridized carbons (Fsp3) is 0.360. The summed E-state index contributed by atoms with van der Waals surface area (Å²) in [6.45, 7) is 1.97. The molecule has 2 N–H and O–H groups in total. The number of carbonyl (C=O) groups is 2. The number of hydrogen-bond acceptors (Lipinski definition) is 3. The Morgan fingerprint density at radius 1 is 1.22 bits per heavy atom. The zero-order valence-corrected chi connectivity index (χ0v) is 21.1. The minimum Gasteiger partial charge on any atom is -0.481 e. The summed E-state index contributed by atoms with van der Waals surface area (Å²) >= 11 is 13.2. The lowest BCUT2D eigenvalue weighted by atomic mass is 9.94. The Morgan fingerprint density at radius 2 is 1.94 bits per heavy atom. The van der Waals surface area contributed by atoms with E-state index in [1.54, 1.807) is 30.7 Å². The Balaban J connectivity index is 1.89. The van der Waals surface area contributed by atoms with E-state index in [1.807, 2.05) is 6.20 Å². The third-order valence-electron chi connectivity index (χ3n) is 6.04. The summed E-state index contributed by atoms with van der Waals surface area (Å²) in [7, 11) is 1.73. The van der Waals surface area contributed by atoms with Crippen LogP contribution in [-0.4, -0.2) is 35.0 Å². The third kappa shape index (κ3) is 6.64. The highest BCUT2D eigenvalue weighted by molar-refractivity contribution is 6.36. The van der Waals surface area contributed by atoms with Gasteiger partial charge in [-0.15, -0.1) is 13.2 Å². The Labute approximate surface area is 215 Å². The number of alkyl halides is 3. The summed E-state index contributed by atoms with van der Waals surface area (Å²) in [5.41, 5.74) is 3.39. The van der Waals surface area contributed by atoms with Crippen molar-refractivity contribution in [2.75, 3.05) is 6.54 Å². The first-order valence-electron chi connectivity index (χ1n) is 11.1. The molecule has 3 aromatic rings. The summed E-state index contributed by atoms with van der Waals surface area (Å²) < 4.78 is 44.0. The number of amides is 1. The first-order chi connectivity index (χ1) is 16.9. The van der Waals surface area contributed by atoms with Gasteiger partial charge in [0.1, 0.15) is 5.75 Å². The van der Waals surface area contributed by atoms with Crippen LogP contribution < -0.4 is 10.1 Å². The maximum atomic E-state index is 12.7. The highest BCUT2D eigenvalue weighted by Crippen LogP contribution is 2.36. The zero-order chi connectivity index (χ0) is 26.6. The first-order valence-corrected chi connectivity index (χ1v) is 11.9. The van der Waals surface area contributed by atoms with Crippen molar-refractivity contribution in [2.45, 2.75) is 39.0 Å². The second-order valence-corrected chi connectivity index (χ2v) is 9.34. The van der Waals surface area contributed by atoms with Gasteiger partial charge in [0.05, 0.1) is 11.4 Å². The van der Waals surface area contributed by atoms with Crippen LogP contribution in [0.3, 0.4) is 0 Å². The molecule has 0 fully saturated rings. The molecule has 11 heteroatoms. The Morgan fingerprint density at radius 3 is 2.58 bits per heavy atom. The van der Waals surface area contributed by atoms with Crippen LogP contribution in [0.2, 0.25) is 10.0 Å². The normalized spacial score (nSPS) is 12.5. The SMILES string of the molecule is Cc1cc(OC(F)(F)F)cc2c1c(Cc1c(Cl)ccc(CCC(CCNC=O)C(=O)O)c1Cl)cn2C. The third-order valence-corrected chi connectivity index (χ3v) is 6.86. The number of ether oxygens (including phenoxy) is 1. The van der Waals surface area contributed by atoms with Crippen molar-refractivity contribution in [3.63, 3.8) is 0 Å². The van der Waals surface area contributed by atoms with E-state index in [4.69, 9.17) is 23.2 Å². The van der Waals surface area contributed by atoms with Crippen molar-refractivity contribution in [3.05, 3.63) is 62.8 Å². The van der Waals surface area contributed by atoms with E-state index >= 15 is 0 Å². The molecule has 0 spiro atoms. The molecule has 6 nitrogen and oxygen atoms in total. The molecule has 1 amide bonds. The van der Waals surface area contributed by atoms with Gasteiger partial charge in [0.2, 0.25) is 6.41 Å². The second-order valence-electron chi connectivity index (χ2n) is 8.56. The van der Waals surface area contributed by atoms with Gasteiger partial charge in [-0.25, -0.2) is 0 Å². The maximum Gasteiger partial charge on any atom is 0.573 e. The Bertz CT molecular complexity index is 1270. The van der Waals surface area contributed by atoms with Crippen LogP contribution >= 0.6 is 23.2 Å². The lowest BCUT2D eigenvalue weighted by Crippen LogP contribution is -2.22. The number of aryl methyl sites for hydroxylation is 3. The first kappa shape index (κ1) is 27.7. The van der Waals surface area contributed by atoms with Crippen molar-refractivity contribution < 1.29 is 32.6 Å². The zero-order valence-electron chi connectivity index (χ0n) is 19.6. The molecule has 194 valence electrons. The molecule has 1 unspecified atom stereocenters. The number of aliphatic carboxylic acids is 1. The largest absolute Gasteiger partial charge is 0.573 e. The van der Waals surface area contributed by atoms with Crippen molar-refractivity contribution in [3.8, 4) is 5.75 Å². The van der Waals surface area contributed by atoms with Crippen LogP contribution in [-0.2, 0) is 29.5 Å². The van der Waals surface area contributed by atoms with Gasteiger partial charge in [-0.2, -0.15) is 0 Å². The molecular weight excluding hydrogens is 520 g/mol. The van der Waals surface area contributed by atoms with Gasteiger partial charge in [-0.3, -0.25) is 9.59 Å². The van der Waals surface area contributed by atoms with Crippen LogP contribution in [0.25, 0.3) is 10.9 Å². The topological polar surface area (TPSA) is 80.6 Å². The molecule has 2 aromatic carbocycles. The number of aromatic nitrogens is 1. The molecule has 0 radical (unpaired) electrons. The quantitative estimate of drug-likeness (QED) is 0.227. The second kappa shape index (κ2) is 11.4. The van der Waals surface area contributed by atoms with Crippen molar-refractivity contribution in [1.82, 2.24) is 9.88 Å². The molecule has 0 aliphatic carbocycles. The minimum absolute atomic E-state index is 0.260. The number of carboxylic acids is 1. The summed E-state index contributed by atoms with van der Waals surface area (Å²) in [5, 5.41) is 13.6. The van der Waals surface area contributed by atoms with Crippen LogP contribution in [0.15, 0.2) is 30.5 Å². The van der Waals surface area contributed by atoms with E-state index in [0.29, 0.717) is 58.8 Å². The lowest BCUT2D eigenvalue weighted by Gasteiger charge is -2.15. The fourth-order valence-corrected chi connectivity index (χ4v) is 4.95. The Kier molecular flexibility index (Phi) is 8.79. The summed E-state index contributed by atoms with van der Waals surface area (Å²) in [6.07, 6.45) is -1.11. The van der Waals surface area contributed by atoms with Crippen molar-refractivity contribution >= 4 is 46.5 Å². The van der Waals surface area contributed by atoms with Crippen LogP contribution in [0.5, 0.6) is 5.75 Å².